The molecule has 8 nitrogen and oxygen atoms in total. The topological polar surface area (TPSA) is 105 Å². The van der Waals surface area contributed by atoms with Crippen molar-refractivity contribution in [1.29, 1.82) is 0 Å². The van der Waals surface area contributed by atoms with Crippen LogP contribution >= 0.6 is 0 Å². The number of hydrogen-bond acceptors (Lipinski definition) is 8. The molecule has 8 heteroatoms. The van der Waals surface area contributed by atoms with Gasteiger partial charge in [0.25, 0.3) is 0 Å². The molecule has 316 valence electrons. The Morgan fingerprint density at radius 3 is 1.10 bits per heavy atom. The van der Waals surface area contributed by atoms with Gasteiger partial charge in [0, 0.05) is 0 Å². The number of carbonyl (C=O) groups excluding carboxylic acids is 4. The first-order valence-electron chi connectivity index (χ1n) is 22.0. The Labute approximate surface area is 352 Å². The molecule has 4 aromatic rings. The number of esters is 4. The van der Waals surface area contributed by atoms with Gasteiger partial charge in [-0.1, -0.05) is 135 Å². The molecule has 1 unspecified atom stereocenters. The van der Waals surface area contributed by atoms with Crippen LogP contribution in [0.25, 0.3) is 0 Å². The van der Waals surface area contributed by atoms with Gasteiger partial charge < -0.3 is 18.9 Å². The Hall–Kier alpha value is -5.24. The molecule has 0 saturated heterocycles. The van der Waals surface area contributed by atoms with Crippen LogP contribution in [0.1, 0.15) is 162 Å². The smallest absolute Gasteiger partial charge is 0.343 e. The van der Waals surface area contributed by atoms with Crippen LogP contribution in [0, 0.1) is 5.92 Å². The van der Waals surface area contributed by atoms with E-state index in [1.807, 2.05) is 24.3 Å². The third kappa shape index (κ3) is 18.1. The fourth-order valence-electron chi connectivity index (χ4n) is 6.75. The van der Waals surface area contributed by atoms with Crippen molar-refractivity contribution in [2.45, 2.75) is 143 Å². The molecule has 0 aliphatic carbocycles. The van der Waals surface area contributed by atoms with Gasteiger partial charge in [-0.3, -0.25) is 9.59 Å². The summed E-state index contributed by atoms with van der Waals surface area (Å²) in [7, 11) is 0. The zero-order valence-electron chi connectivity index (χ0n) is 35.5. The molecule has 59 heavy (non-hydrogen) atoms. The number of hydrogen-bond donors (Lipinski definition) is 0. The summed E-state index contributed by atoms with van der Waals surface area (Å²) < 4.78 is 21.9. The first-order chi connectivity index (χ1) is 28.7. The van der Waals surface area contributed by atoms with Gasteiger partial charge in [0.2, 0.25) is 0 Å². The average Bonchev–Trinajstić information content (AvgIpc) is 3.24. The quantitative estimate of drug-likeness (QED) is 0.0333. The van der Waals surface area contributed by atoms with E-state index < -0.39 is 29.8 Å². The Bertz CT molecular complexity index is 1830. The number of unbranched alkanes of at least 4 members (excludes halogenated alkanes) is 14. The second-order valence-electron chi connectivity index (χ2n) is 15.6. The van der Waals surface area contributed by atoms with Crippen LogP contribution in [0.5, 0.6) is 23.0 Å². The van der Waals surface area contributed by atoms with Gasteiger partial charge in [-0.25, -0.2) is 9.59 Å². The van der Waals surface area contributed by atoms with Crippen molar-refractivity contribution in [3.8, 4) is 23.0 Å². The lowest BCUT2D eigenvalue weighted by Gasteiger charge is -2.12. The largest absolute Gasteiger partial charge is 0.427 e. The highest BCUT2D eigenvalue weighted by Gasteiger charge is 2.21. The zero-order valence-corrected chi connectivity index (χ0v) is 35.5. The molecule has 0 fully saturated rings. The normalized spacial score (nSPS) is 11.4. The average molecular weight is 805 g/mol. The third-order valence-corrected chi connectivity index (χ3v) is 10.4. The van der Waals surface area contributed by atoms with E-state index in [0.717, 1.165) is 25.7 Å². The minimum absolute atomic E-state index is 0.210. The van der Waals surface area contributed by atoms with Crippen LogP contribution in [0.3, 0.4) is 0 Å². The first-order valence-corrected chi connectivity index (χ1v) is 22.0. The Morgan fingerprint density at radius 1 is 0.407 bits per heavy atom. The summed E-state index contributed by atoms with van der Waals surface area (Å²) in [6.07, 6.45) is 22.2. The van der Waals surface area contributed by atoms with Crippen molar-refractivity contribution in [3.63, 3.8) is 0 Å². The molecule has 0 bridgehead atoms. The van der Waals surface area contributed by atoms with Gasteiger partial charge in [-0.15, -0.1) is 0 Å². The van der Waals surface area contributed by atoms with E-state index in [-0.39, 0.29) is 17.9 Å². The summed E-state index contributed by atoms with van der Waals surface area (Å²) in [6.45, 7) is 6.05. The van der Waals surface area contributed by atoms with Gasteiger partial charge in [0.15, 0.2) is 0 Å². The van der Waals surface area contributed by atoms with Crippen molar-refractivity contribution in [1.82, 2.24) is 0 Å². The zero-order chi connectivity index (χ0) is 42.1. The number of ether oxygens (including phenoxy) is 4. The summed E-state index contributed by atoms with van der Waals surface area (Å²) in [6, 6.07) is 27.4. The van der Waals surface area contributed by atoms with Crippen molar-refractivity contribution >= 4 is 23.9 Å². The highest BCUT2D eigenvalue weighted by Crippen LogP contribution is 2.23. The summed E-state index contributed by atoms with van der Waals surface area (Å²) in [4.78, 5) is 50.8. The number of benzene rings is 4. The van der Waals surface area contributed by atoms with Crippen LogP contribution in [0.4, 0.5) is 0 Å². The second kappa shape index (κ2) is 26.7. The van der Waals surface area contributed by atoms with Crippen LogP contribution in [-0.4, -0.2) is 23.9 Å². The lowest BCUT2D eigenvalue weighted by Crippen LogP contribution is -2.23. The van der Waals surface area contributed by atoms with Gasteiger partial charge in [0.1, 0.15) is 23.0 Å². The summed E-state index contributed by atoms with van der Waals surface area (Å²) in [5, 5.41) is 0. The van der Waals surface area contributed by atoms with Gasteiger partial charge in [-0.05, 0) is 110 Å². The van der Waals surface area contributed by atoms with E-state index in [9.17, 15) is 19.2 Å². The van der Waals surface area contributed by atoms with Gasteiger partial charge in [0.05, 0.1) is 23.5 Å². The molecule has 0 aliphatic heterocycles. The molecule has 4 aromatic carbocycles. The molecule has 4 rings (SSSR count). The second-order valence-corrected chi connectivity index (χ2v) is 15.6. The molecule has 0 radical (unpaired) electrons. The maximum Gasteiger partial charge on any atom is 0.343 e. The predicted molar refractivity (Wildman–Crippen MR) is 233 cm³/mol. The molecule has 0 aromatic heterocycles. The van der Waals surface area contributed by atoms with E-state index in [2.05, 4.69) is 13.8 Å². The van der Waals surface area contributed by atoms with Crippen molar-refractivity contribution in [2.24, 2.45) is 5.92 Å². The highest BCUT2D eigenvalue weighted by molar-refractivity contribution is 5.91. The molecule has 0 saturated carbocycles. The van der Waals surface area contributed by atoms with E-state index in [4.69, 9.17) is 18.9 Å². The monoisotopic (exact) mass is 804 g/mol. The molecule has 0 aliphatic rings. The van der Waals surface area contributed by atoms with Crippen molar-refractivity contribution in [3.05, 3.63) is 119 Å². The van der Waals surface area contributed by atoms with E-state index in [0.29, 0.717) is 22.6 Å². The lowest BCUT2D eigenvalue weighted by atomic mass is 10.0. The Morgan fingerprint density at radius 2 is 0.729 bits per heavy atom. The number of rotatable bonds is 27. The van der Waals surface area contributed by atoms with E-state index >= 15 is 0 Å². The molecular weight excluding hydrogens is 741 g/mol. The maximum absolute atomic E-state index is 12.7. The minimum atomic E-state index is -0.787. The summed E-state index contributed by atoms with van der Waals surface area (Å²) in [5.74, 6) is -1.83. The van der Waals surface area contributed by atoms with E-state index in [1.54, 1.807) is 55.5 Å². The minimum Gasteiger partial charge on any atom is -0.427 e. The van der Waals surface area contributed by atoms with Crippen LogP contribution in [0.15, 0.2) is 97.1 Å². The lowest BCUT2D eigenvalue weighted by molar-refractivity contribution is -0.144. The third-order valence-electron chi connectivity index (χ3n) is 10.4. The molecule has 0 heterocycles. The van der Waals surface area contributed by atoms with E-state index in [1.165, 1.54) is 125 Å². The highest BCUT2D eigenvalue weighted by atomic mass is 16.6. The summed E-state index contributed by atoms with van der Waals surface area (Å²) >= 11 is 0. The molecule has 0 N–H and O–H groups in total. The fourth-order valence-corrected chi connectivity index (χ4v) is 6.75. The molecular formula is C51H64O8. The van der Waals surface area contributed by atoms with Crippen molar-refractivity contribution in [2.75, 3.05) is 0 Å². The maximum atomic E-state index is 12.7. The Kier molecular flexibility index (Phi) is 21.0. The standard InChI is InChI=1S/C51H64O8/c1-4-6-8-10-12-14-16-18-20-40-22-26-42(27-23-40)50(54)58-46-32-30-44(31-33-46)56-48(52)38-39(3)49(53)57-45-34-36-47(37-35-45)59-51(55)43-28-24-41(25-29-43)21-19-17-15-13-11-9-7-5-2/h22-37,39H,4-21,38H2,1-3H3. The molecule has 1 atom stereocenters. The summed E-state index contributed by atoms with van der Waals surface area (Å²) in [5.41, 5.74) is 3.33. The van der Waals surface area contributed by atoms with Crippen LogP contribution < -0.4 is 18.9 Å². The number of aryl methyl sites for hydroxylation is 2. The van der Waals surface area contributed by atoms with Crippen LogP contribution in [0.2, 0.25) is 0 Å². The van der Waals surface area contributed by atoms with Crippen molar-refractivity contribution < 1.29 is 38.1 Å². The number of carbonyl (C=O) groups is 4. The molecule has 0 amide bonds. The van der Waals surface area contributed by atoms with Crippen LogP contribution in [-0.2, 0) is 22.4 Å². The predicted octanol–water partition coefficient (Wildman–Crippen LogP) is 13.0. The molecule has 0 spiro atoms. The van der Waals surface area contributed by atoms with Gasteiger partial charge in [-0.2, -0.15) is 0 Å². The fraction of sp³-hybridized carbons (Fsp3) is 0.451. The Balaban J connectivity index is 1.11. The first kappa shape index (κ1) is 46.4. The SMILES string of the molecule is CCCCCCCCCCc1ccc(C(=O)Oc2ccc(OC(=O)CC(C)C(=O)Oc3ccc(OC(=O)c4ccc(CCCCCCCCCC)cc4)cc3)cc2)cc1. The van der Waals surface area contributed by atoms with Gasteiger partial charge >= 0.3 is 23.9 Å².